The molecule has 10 heteroatoms. The van der Waals surface area contributed by atoms with Crippen LogP contribution < -0.4 is 15.8 Å². The summed E-state index contributed by atoms with van der Waals surface area (Å²) in [5, 5.41) is 11.8. The van der Waals surface area contributed by atoms with Gasteiger partial charge in [-0.05, 0) is 13.3 Å². The van der Waals surface area contributed by atoms with Gasteiger partial charge in [-0.15, -0.1) is 35.3 Å². The van der Waals surface area contributed by atoms with Crippen molar-refractivity contribution in [2.45, 2.75) is 26.8 Å². The Morgan fingerprint density at radius 3 is 2.67 bits per heavy atom. The molecule has 1 aromatic rings. The molecule has 0 spiro atoms. The lowest BCUT2D eigenvalue weighted by Crippen LogP contribution is -2.40. The standard InChI is InChI=1S/C11H21N5O2S2.HI/c1-3-9-7-15-10(19-9)8-16-11(13-4-2)14-5-6-20(12,17)18;/h7H,3-6,8H2,1-2H3,(H2,12,17,18)(H2,13,14,16);1H. The zero-order valence-corrected chi connectivity index (χ0v) is 16.1. The first-order chi connectivity index (χ1) is 9.44. The SMILES string of the molecule is CCNC(=NCc1ncc(CC)s1)NCCS(N)(=O)=O.I. The molecule has 0 radical (unpaired) electrons. The van der Waals surface area contributed by atoms with Crippen LogP contribution in [0.15, 0.2) is 11.2 Å². The predicted molar refractivity (Wildman–Crippen MR) is 97.7 cm³/mol. The van der Waals surface area contributed by atoms with Gasteiger partial charge in [0.1, 0.15) is 5.01 Å². The van der Waals surface area contributed by atoms with Gasteiger partial charge in [0.2, 0.25) is 10.0 Å². The van der Waals surface area contributed by atoms with Crippen LogP contribution in [0.25, 0.3) is 0 Å². The first-order valence-corrected chi connectivity index (χ1v) is 8.94. The number of aromatic nitrogens is 1. The van der Waals surface area contributed by atoms with Gasteiger partial charge in [0.05, 0.1) is 12.3 Å². The number of nitrogens with zero attached hydrogens (tertiary/aromatic N) is 2. The lowest BCUT2D eigenvalue weighted by Gasteiger charge is -2.10. The van der Waals surface area contributed by atoms with Crippen LogP contribution in [0.1, 0.15) is 23.7 Å². The Morgan fingerprint density at radius 2 is 2.14 bits per heavy atom. The van der Waals surface area contributed by atoms with Crippen molar-refractivity contribution in [3.8, 4) is 0 Å². The molecule has 0 saturated heterocycles. The van der Waals surface area contributed by atoms with Crippen molar-refractivity contribution in [2.75, 3.05) is 18.8 Å². The number of aliphatic imine (C=N–C) groups is 1. The molecule has 0 saturated carbocycles. The monoisotopic (exact) mass is 447 g/mol. The third kappa shape index (κ3) is 9.22. The smallest absolute Gasteiger partial charge is 0.210 e. The van der Waals surface area contributed by atoms with Crippen LogP contribution in [0, 0.1) is 0 Å². The Labute approximate surface area is 146 Å². The highest BCUT2D eigenvalue weighted by Crippen LogP contribution is 2.13. The van der Waals surface area contributed by atoms with Gasteiger partial charge >= 0.3 is 0 Å². The van der Waals surface area contributed by atoms with Crippen LogP contribution in [-0.4, -0.2) is 38.2 Å². The number of nitrogens with two attached hydrogens (primary N) is 1. The van der Waals surface area contributed by atoms with Gasteiger partial charge in [-0.2, -0.15) is 0 Å². The minimum absolute atomic E-state index is 0. The summed E-state index contributed by atoms with van der Waals surface area (Å²) >= 11 is 1.63. The number of aryl methyl sites for hydroxylation is 1. The van der Waals surface area contributed by atoms with Gasteiger partial charge in [0.15, 0.2) is 5.96 Å². The lowest BCUT2D eigenvalue weighted by atomic mass is 10.4. The van der Waals surface area contributed by atoms with E-state index in [-0.39, 0.29) is 36.3 Å². The van der Waals surface area contributed by atoms with Crippen molar-refractivity contribution in [3.63, 3.8) is 0 Å². The van der Waals surface area contributed by atoms with Gasteiger partial charge in [0, 0.05) is 24.2 Å². The number of guanidine groups is 1. The average Bonchev–Trinajstić information content (AvgIpc) is 2.82. The highest BCUT2D eigenvalue weighted by Gasteiger charge is 2.04. The summed E-state index contributed by atoms with van der Waals surface area (Å²) in [6.07, 6.45) is 2.82. The molecular formula is C11H22IN5O2S2. The van der Waals surface area contributed by atoms with Crippen LogP contribution in [0.4, 0.5) is 0 Å². The van der Waals surface area contributed by atoms with Gasteiger partial charge in [0.25, 0.3) is 0 Å². The summed E-state index contributed by atoms with van der Waals surface area (Å²) in [6.45, 7) is 5.41. The third-order valence-corrected chi connectivity index (χ3v) is 4.25. The normalized spacial score (nSPS) is 11.9. The fraction of sp³-hybridized carbons (Fsp3) is 0.636. The fourth-order valence-electron chi connectivity index (χ4n) is 1.38. The number of halogens is 1. The number of hydrogen-bond acceptors (Lipinski definition) is 5. The molecule has 0 aliphatic carbocycles. The summed E-state index contributed by atoms with van der Waals surface area (Å²) < 4.78 is 21.7. The van der Waals surface area contributed by atoms with Gasteiger partial charge in [-0.25, -0.2) is 23.5 Å². The maximum absolute atomic E-state index is 10.9. The van der Waals surface area contributed by atoms with Crippen molar-refractivity contribution >= 4 is 51.3 Å². The number of primary sulfonamides is 1. The maximum atomic E-state index is 10.9. The molecule has 0 unspecified atom stereocenters. The zero-order chi connectivity index (χ0) is 15.0. The molecular weight excluding hydrogens is 425 g/mol. The molecule has 0 aliphatic heterocycles. The van der Waals surface area contributed by atoms with E-state index in [1.165, 1.54) is 4.88 Å². The molecule has 0 bridgehead atoms. The number of thiazole rings is 1. The maximum Gasteiger partial charge on any atom is 0.210 e. The average molecular weight is 447 g/mol. The molecule has 0 aliphatic rings. The Morgan fingerprint density at radius 1 is 1.43 bits per heavy atom. The van der Waals surface area contributed by atoms with Crippen molar-refractivity contribution in [2.24, 2.45) is 10.1 Å². The predicted octanol–water partition coefficient (Wildman–Crippen LogP) is 0.667. The highest BCUT2D eigenvalue weighted by atomic mass is 127. The summed E-state index contributed by atoms with van der Waals surface area (Å²) in [5.41, 5.74) is 0. The molecule has 1 aromatic heterocycles. The zero-order valence-electron chi connectivity index (χ0n) is 12.1. The van der Waals surface area contributed by atoms with Gasteiger partial charge in [-0.3, -0.25) is 0 Å². The molecule has 0 amide bonds. The molecule has 0 aromatic carbocycles. The second kappa shape index (κ2) is 10.3. The van der Waals surface area contributed by atoms with E-state index in [1.807, 2.05) is 13.1 Å². The first kappa shape index (κ1) is 20.5. The number of nitrogens with one attached hydrogen (secondary N) is 2. The van der Waals surface area contributed by atoms with E-state index >= 15 is 0 Å². The Bertz CT molecular complexity index is 545. The van der Waals surface area contributed by atoms with E-state index in [0.717, 1.165) is 11.4 Å². The van der Waals surface area contributed by atoms with E-state index in [2.05, 4.69) is 27.5 Å². The van der Waals surface area contributed by atoms with E-state index in [0.29, 0.717) is 19.0 Å². The topological polar surface area (TPSA) is 109 Å². The van der Waals surface area contributed by atoms with E-state index in [1.54, 1.807) is 11.3 Å². The molecule has 1 heterocycles. The van der Waals surface area contributed by atoms with Crippen LogP contribution in [-0.2, 0) is 23.0 Å². The Kier molecular flexibility index (Phi) is 10.1. The molecule has 0 atom stereocenters. The summed E-state index contributed by atoms with van der Waals surface area (Å²) in [4.78, 5) is 9.86. The largest absolute Gasteiger partial charge is 0.357 e. The number of rotatable bonds is 7. The van der Waals surface area contributed by atoms with Crippen LogP contribution in [0.5, 0.6) is 0 Å². The first-order valence-electron chi connectivity index (χ1n) is 6.40. The summed E-state index contributed by atoms with van der Waals surface area (Å²) in [6, 6.07) is 0. The molecule has 4 N–H and O–H groups in total. The second-order valence-corrected chi connectivity index (χ2v) is 7.00. The quantitative estimate of drug-likeness (QED) is 0.323. The fourth-order valence-corrected chi connectivity index (χ4v) is 2.56. The summed E-state index contributed by atoms with van der Waals surface area (Å²) in [5.74, 6) is 0.429. The lowest BCUT2D eigenvalue weighted by molar-refractivity contribution is 0.596. The molecule has 7 nitrogen and oxygen atoms in total. The van der Waals surface area contributed by atoms with E-state index in [9.17, 15) is 8.42 Å². The highest BCUT2D eigenvalue weighted by molar-refractivity contribution is 14.0. The minimum Gasteiger partial charge on any atom is -0.357 e. The van der Waals surface area contributed by atoms with Crippen molar-refractivity contribution in [1.82, 2.24) is 15.6 Å². The van der Waals surface area contributed by atoms with Gasteiger partial charge < -0.3 is 10.6 Å². The van der Waals surface area contributed by atoms with Crippen LogP contribution in [0.2, 0.25) is 0 Å². The molecule has 21 heavy (non-hydrogen) atoms. The Hall–Kier alpha value is -0.460. The van der Waals surface area contributed by atoms with Crippen LogP contribution in [0.3, 0.4) is 0 Å². The third-order valence-electron chi connectivity index (χ3n) is 2.35. The minimum atomic E-state index is -3.46. The number of hydrogen-bond donors (Lipinski definition) is 3. The number of sulfonamides is 1. The summed E-state index contributed by atoms with van der Waals surface area (Å²) in [7, 11) is -3.46. The van der Waals surface area contributed by atoms with Crippen molar-refractivity contribution < 1.29 is 8.42 Å². The second-order valence-electron chi connectivity index (χ2n) is 4.06. The van der Waals surface area contributed by atoms with Crippen molar-refractivity contribution in [1.29, 1.82) is 0 Å². The van der Waals surface area contributed by atoms with Gasteiger partial charge in [-0.1, -0.05) is 6.92 Å². The van der Waals surface area contributed by atoms with Crippen LogP contribution >= 0.6 is 35.3 Å². The van der Waals surface area contributed by atoms with E-state index < -0.39 is 10.0 Å². The van der Waals surface area contributed by atoms with Crippen molar-refractivity contribution in [3.05, 3.63) is 16.1 Å². The van der Waals surface area contributed by atoms with E-state index in [4.69, 9.17) is 5.14 Å². The molecule has 0 fully saturated rings. The Balaban J connectivity index is 0.00000400. The molecule has 1 rings (SSSR count). The molecule has 122 valence electrons.